The van der Waals surface area contributed by atoms with Crippen molar-refractivity contribution in [3.05, 3.63) is 36.2 Å². The van der Waals surface area contributed by atoms with Gasteiger partial charge in [0.05, 0.1) is 24.2 Å². The van der Waals surface area contributed by atoms with Crippen LogP contribution in [0.5, 0.6) is 0 Å². The van der Waals surface area contributed by atoms with E-state index in [0.717, 1.165) is 6.42 Å². The zero-order valence-corrected chi connectivity index (χ0v) is 19.1. The van der Waals surface area contributed by atoms with E-state index in [-0.39, 0.29) is 11.9 Å². The van der Waals surface area contributed by atoms with Crippen molar-refractivity contribution < 1.29 is 23.4 Å². The van der Waals surface area contributed by atoms with Gasteiger partial charge in [-0.05, 0) is 31.4 Å². The summed E-state index contributed by atoms with van der Waals surface area (Å²) < 4.78 is 34.9. The molecule has 1 atom stereocenters. The van der Waals surface area contributed by atoms with Crippen LogP contribution in [-0.2, 0) is 4.74 Å². The van der Waals surface area contributed by atoms with Crippen molar-refractivity contribution in [1.29, 1.82) is 0 Å². The van der Waals surface area contributed by atoms with Crippen molar-refractivity contribution >= 4 is 28.9 Å². The van der Waals surface area contributed by atoms with Crippen LogP contribution in [0.4, 0.5) is 25.3 Å². The predicted octanol–water partition coefficient (Wildman–Crippen LogP) is 3.53. The van der Waals surface area contributed by atoms with E-state index in [1.165, 1.54) is 9.47 Å². The summed E-state index contributed by atoms with van der Waals surface area (Å²) in [5.74, 6) is 0.847. The molecule has 2 N–H and O–H groups in total. The van der Waals surface area contributed by atoms with E-state index in [1.54, 1.807) is 30.3 Å². The largest absolute Gasteiger partial charge is 0.465 e. The number of hydrogen-bond acceptors (Lipinski definition) is 7. The van der Waals surface area contributed by atoms with Crippen LogP contribution in [0.3, 0.4) is 0 Å². The number of morpholine rings is 1. The molecule has 1 amide bonds. The third-order valence-electron chi connectivity index (χ3n) is 6.38. The Bertz CT molecular complexity index is 1200. The van der Waals surface area contributed by atoms with Crippen molar-refractivity contribution in [2.45, 2.75) is 31.7 Å². The highest BCUT2D eigenvalue weighted by atomic mass is 19.3. The Morgan fingerprint density at radius 1 is 1.06 bits per heavy atom. The number of anilines is 2. The summed E-state index contributed by atoms with van der Waals surface area (Å²) in [4.78, 5) is 28.3. The van der Waals surface area contributed by atoms with Crippen LogP contribution in [0.2, 0.25) is 0 Å². The lowest BCUT2D eigenvalue weighted by atomic mass is 10.1. The Morgan fingerprint density at radius 3 is 2.60 bits per heavy atom. The summed E-state index contributed by atoms with van der Waals surface area (Å²) in [6.45, 7) is 3.23. The molecule has 5 rings (SSSR count). The molecule has 3 aromatic rings. The fourth-order valence-electron chi connectivity index (χ4n) is 4.60. The SMILES string of the molecule is O=C(O)N1CCCC(Nc2nc(N3CCOCC3)cc(-n3c(C(F)F)nc4ccccc43)n2)CC1. The summed E-state index contributed by atoms with van der Waals surface area (Å²) in [5.41, 5.74) is 0.994. The highest BCUT2D eigenvalue weighted by molar-refractivity contribution is 5.78. The second-order valence-corrected chi connectivity index (χ2v) is 8.64. The summed E-state index contributed by atoms with van der Waals surface area (Å²) in [7, 11) is 0. The van der Waals surface area contributed by atoms with Gasteiger partial charge in [-0.2, -0.15) is 9.97 Å². The molecule has 4 heterocycles. The molecule has 0 bridgehead atoms. The van der Waals surface area contributed by atoms with Gasteiger partial charge in [-0.1, -0.05) is 12.1 Å². The average Bonchev–Trinajstić information content (AvgIpc) is 3.10. The lowest BCUT2D eigenvalue weighted by molar-refractivity contribution is 0.122. The molecule has 1 unspecified atom stereocenters. The van der Waals surface area contributed by atoms with E-state index in [4.69, 9.17) is 9.72 Å². The molecule has 0 spiro atoms. The van der Waals surface area contributed by atoms with Crippen LogP contribution >= 0.6 is 0 Å². The Morgan fingerprint density at radius 2 is 1.83 bits per heavy atom. The van der Waals surface area contributed by atoms with Gasteiger partial charge in [0.15, 0.2) is 5.82 Å². The van der Waals surface area contributed by atoms with Gasteiger partial charge in [0, 0.05) is 38.3 Å². The monoisotopic (exact) mass is 487 g/mol. The molecule has 10 nitrogen and oxygen atoms in total. The standard InChI is InChI=1S/C23H27F2N7O3/c24-20(25)21-27-16-5-1-2-6-17(16)32(21)19-14-18(30-10-12-35-13-11-30)28-22(29-19)26-15-4-3-8-31(9-7-15)23(33)34/h1-2,5-6,14-15,20H,3-4,7-13H2,(H,33,34)(H,26,28,29). The predicted molar refractivity (Wildman–Crippen MR) is 126 cm³/mol. The highest BCUT2D eigenvalue weighted by Crippen LogP contribution is 2.29. The molecule has 12 heteroatoms. The van der Waals surface area contributed by atoms with Crippen molar-refractivity contribution in [3.63, 3.8) is 0 Å². The fraction of sp³-hybridized carbons (Fsp3) is 0.478. The number of fused-ring (bicyclic) bond motifs is 1. The van der Waals surface area contributed by atoms with Gasteiger partial charge < -0.3 is 25.0 Å². The van der Waals surface area contributed by atoms with Crippen LogP contribution in [0, 0.1) is 0 Å². The second-order valence-electron chi connectivity index (χ2n) is 8.64. The molecule has 35 heavy (non-hydrogen) atoms. The third-order valence-corrected chi connectivity index (χ3v) is 6.38. The molecule has 2 aromatic heterocycles. The number of alkyl halides is 2. The zero-order valence-electron chi connectivity index (χ0n) is 19.1. The molecule has 0 radical (unpaired) electrons. The van der Waals surface area contributed by atoms with E-state index in [2.05, 4.69) is 15.3 Å². The summed E-state index contributed by atoms with van der Waals surface area (Å²) >= 11 is 0. The number of carbonyl (C=O) groups is 1. The Labute approximate surface area is 200 Å². The third kappa shape index (κ3) is 4.97. The van der Waals surface area contributed by atoms with Crippen LogP contribution < -0.4 is 10.2 Å². The number of hydrogen-bond donors (Lipinski definition) is 2. The summed E-state index contributed by atoms with van der Waals surface area (Å²) in [6, 6.07) is 8.63. The quantitative estimate of drug-likeness (QED) is 0.563. The minimum absolute atomic E-state index is 0.0405. The van der Waals surface area contributed by atoms with E-state index in [0.29, 0.717) is 80.9 Å². The number of benzene rings is 1. The first-order chi connectivity index (χ1) is 17.0. The number of likely N-dealkylation sites (tertiary alicyclic amines) is 1. The van der Waals surface area contributed by atoms with Crippen molar-refractivity contribution in [1.82, 2.24) is 24.4 Å². The molecule has 186 valence electrons. The van der Waals surface area contributed by atoms with Gasteiger partial charge in [-0.15, -0.1) is 0 Å². The molecule has 0 aliphatic carbocycles. The minimum atomic E-state index is -2.79. The van der Waals surface area contributed by atoms with Crippen LogP contribution in [-0.4, -0.2) is 81.1 Å². The maximum Gasteiger partial charge on any atom is 0.407 e. The molecule has 2 aliphatic rings. The fourth-order valence-corrected chi connectivity index (χ4v) is 4.60. The van der Waals surface area contributed by atoms with Crippen molar-refractivity contribution in [2.75, 3.05) is 49.6 Å². The number of halogens is 2. The normalized spacial score (nSPS) is 19.2. The summed E-state index contributed by atoms with van der Waals surface area (Å²) in [5, 5.41) is 12.7. The molecule has 1 aromatic carbocycles. The van der Waals surface area contributed by atoms with E-state index in [9.17, 15) is 18.7 Å². The topological polar surface area (TPSA) is 109 Å². The Balaban J connectivity index is 1.53. The lowest BCUT2D eigenvalue weighted by Gasteiger charge is -2.28. The smallest absolute Gasteiger partial charge is 0.407 e. The van der Waals surface area contributed by atoms with Gasteiger partial charge in [0.25, 0.3) is 6.43 Å². The molecule has 2 saturated heterocycles. The molecule has 2 fully saturated rings. The van der Waals surface area contributed by atoms with Crippen LogP contribution in [0.15, 0.2) is 30.3 Å². The number of nitrogens with one attached hydrogen (secondary N) is 1. The number of ether oxygens (including phenoxy) is 1. The van der Waals surface area contributed by atoms with E-state index < -0.39 is 12.5 Å². The van der Waals surface area contributed by atoms with Gasteiger partial charge in [0.1, 0.15) is 11.6 Å². The zero-order chi connectivity index (χ0) is 24.4. The number of amides is 1. The van der Waals surface area contributed by atoms with Crippen LogP contribution in [0.25, 0.3) is 16.9 Å². The maximum atomic E-state index is 14.0. The number of imidazole rings is 1. The van der Waals surface area contributed by atoms with Crippen LogP contribution in [0.1, 0.15) is 31.5 Å². The van der Waals surface area contributed by atoms with Gasteiger partial charge >= 0.3 is 6.09 Å². The summed E-state index contributed by atoms with van der Waals surface area (Å²) in [6.07, 6.45) is -1.65. The average molecular weight is 488 g/mol. The highest BCUT2D eigenvalue weighted by Gasteiger charge is 2.25. The number of rotatable bonds is 5. The molecule has 2 aliphatic heterocycles. The van der Waals surface area contributed by atoms with E-state index >= 15 is 0 Å². The molecular formula is C23H27F2N7O3. The number of para-hydroxylation sites is 2. The van der Waals surface area contributed by atoms with Gasteiger partial charge in [0.2, 0.25) is 5.95 Å². The van der Waals surface area contributed by atoms with Gasteiger partial charge in [-0.3, -0.25) is 4.57 Å². The minimum Gasteiger partial charge on any atom is -0.465 e. The first-order valence-corrected chi connectivity index (χ1v) is 11.7. The number of nitrogens with zero attached hydrogens (tertiary/aromatic N) is 6. The van der Waals surface area contributed by atoms with Crippen molar-refractivity contribution in [3.8, 4) is 5.82 Å². The Hall–Kier alpha value is -3.54. The first-order valence-electron chi connectivity index (χ1n) is 11.7. The Kier molecular flexibility index (Phi) is 6.62. The first kappa shape index (κ1) is 23.2. The molecular weight excluding hydrogens is 460 g/mol. The lowest BCUT2D eigenvalue weighted by Crippen LogP contribution is -2.37. The van der Waals surface area contributed by atoms with Gasteiger partial charge in [-0.25, -0.2) is 18.6 Å². The number of carboxylic acid groups (broad SMARTS) is 1. The number of aromatic nitrogens is 4. The van der Waals surface area contributed by atoms with E-state index in [1.807, 2.05) is 4.90 Å². The molecule has 0 saturated carbocycles. The maximum absolute atomic E-state index is 14.0. The second kappa shape index (κ2) is 9.98. The van der Waals surface area contributed by atoms with Crippen molar-refractivity contribution in [2.24, 2.45) is 0 Å².